The van der Waals surface area contributed by atoms with E-state index in [1.807, 2.05) is 18.2 Å². The first-order valence-corrected chi connectivity index (χ1v) is 6.63. The molecule has 16 heavy (non-hydrogen) atoms. The number of rotatable bonds is 6. The zero-order chi connectivity index (χ0) is 12.0. The molecule has 90 valence electrons. The minimum atomic E-state index is -0.384. The monoisotopic (exact) mass is 305 g/mol. The van der Waals surface area contributed by atoms with E-state index in [2.05, 4.69) is 28.2 Å². The van der Waals surface area contributed by atoms with Crippen molar-refractivity contribution in [2.24, 2.45) is 0 Å². The van der Waals surface area contributed by atoms with Crippen molar-refractivity contribution in [3.05, 3.63) is 33.3 Å². The van der Waals surface area contributed by atoms with Gasteiger partial charge in [0, 0.05) is 22.5 Å². The number of benzene rings is 1. The summed E-state index contributed by atoms with van der Waals surface area (Å²) >= 11 is 9.43. The molecule has 1 unspecified atom stereocenters. The molecule has 0 aliphatic rings. The van der Waals surface area contributed by atoms with Crippen LogP contribution in [0.2, 0.25) is 5.02 Å². The van der Waals surface area contributed by atoms with Gasteiger partial charge in [-0.1, -0.05) is 40.5 Å². The molecule has 1 aromatic carbocycles. The van der Waals surface area contributed by atoms with Gasteiger partial charge < -0.3 is 10.4 Å². The van der Waals surface area contributed by atoms with Gasteiger partial charge in [0.15, 0.2) is 0 Å². The Morgan fingerprint density at radius 3 is 2.88 bits per heavy atom. The third-order valence-corrected chi connectivity index (χ3v) is 3.12. The lowest BCUT2D eigenvalue weighted by atomic mass is 10.1. The average Bonchev–Trinajstić information content (AvgIpc) is 2.23. The predicted molar refractivity (Wildman–Crippen MR) is 72.0 cm³/mol. The molecule has 0 aliphatic heterocycles. The fraction of sp³-hybridized carbons (Fsp3) is 0.500. The summed E-state index contributed by atoms with van der Waals surface area (Å²) in [6.45, 7) is 3.65. The van der Waals surface area contributed by atoms with Crippen LogP contribution < -0.4 is 5.32 Å². The second-order valence-corrected chi connectivity index (χ2v) is 5.12. The minimum Gasteiger partial charge on any atom is -0.391 e. The van der Waals surface area contributed by atoms with Crippen molar-refractivity contribution in [2.75, 3.05) is 13.1 Å². The van der Waals surface area contributed by atoms with Crippen molar-refractivity contribution >= 4 is 27.5 Å². The Hall–Kier alpha value is -0.0900. The van der Waals surface area contributed by atoms with Crippen LogP contribution in [-0.2, 0) is 6.42 Å². The number of halogens is 2. The van der Waals surface area contributed by atoms with Gasteiger partial charge in [-0.2, -0.15) is 0 Å². The van der Waals surface area contributed by atoms with Gasteiger partial charge in [0.2, 0.25) is 0 Å². The van der Waals surface area contributed by atoms with Gasteiger partial charge in [0.05, 0.1) is 6.10 Å². The van der Waals surface area contributed by atoms with Crippen LogP contribution in [0.15, 0.2) is 22.7 Å². The highest BCUT2D eigenvalue weighted by Gasteiger charge is 2.08. The summed E-state index contributed by atoms with van der Waals surface area (Å²) in [6, 6.07) is 5.73. The Kier molecular flexibility index (Phi) is 6.36. The van der Waals surface area contributed by atoms with Gasteiger partial charge in [-0.25, -0.2) is 0 Å². The molecule has 4 heteroatoms. The quantitative estimate of drug-likeness (QED) is 0.792. The second kappa shape index (κ2) is 7.28. The Morgan fingerprint density at radius 2 is 2.25 bits per heavy atom. The summed E-state index contributed by atoms with van der Waals surface area (Å²) in [5, 5.41) is 13.7. The van der Waals surface area contributed by atoms with Gasteiger partial charge in [-0.3, -0.25) is 0 Å². The van der Waals surface area contributed by atoms with E-state index in [0.29, 0.717) is 18.0 Å². The number of nitrogens with one attached hydrogen (secondary N) is 1. The largest absolute Gasteiger partial charge is 0.391 e. The van der Waals surface area contributed by atoms with Crippen molar-refractivity contribution in [3.8, 4) is 0 Å². The van der Waals surface area contributed by atoms with Crippen molar-refractivity contribution in [2.45, 2.75) is 25.9 Å². The molecule has 0 saturated heterocycles. The predicted octanol–water partition coefficient (Wildman–Crippen LogP) is 3.01. The van der Waals surface area contributed by atoms with Gasteiger partial charge in [-0.05, 0) is 30.7 Å². The van der Waals surface area contributed by atoms with Gasteiger partial charge >= 0.3 is 0 Å². The highest BCUT2D eigenvalue weighted by Crippen LogP contribution is 2.22. The van der Waals surface area contributed by atoms with E-state index in [9.17, 15) is 5.11 Å². The molecule has 0 saturated carbocycles. The molecule has 0 spiro atoms. The first-order valence-electron chi connectivity index (χ1n) is 5.46. The third-order valence-electron chi connectivity index (χ3n) is 2.28. The van der Waals surface area contributed by atoms with Crippen LogP contribution in [0.5, 0.6) is 0 Å². The maximum Gasteiger partial charge on any atom is 0.0705 e. The molecular formula is C12H17BrClNO. The first kappa shape index (κ1) is 14.0. The Bertz CT molecular complexity index is 333. The van der Waals surface area contributed by atoms with E-state index in [0.717, 1.165) is 23.0 Å². The fourth-order valence-corrected chi connectivity index (χ4v) is 2.21. The molecule has 0 bridgehead atoms. The zero-order valence-electron chi connectivity index (χ0n) is 9.34. The molecule has 0 amide bonds. The number of aliphatic hydroxyl groups excluding tert-OH is 1. The molecule has 0 heterocycles. The lowest BCUT2D eigenvalue weighted by Gasteiger charge is -2.12. The highest BCUT2D eigenvalue weighted by molar-refractivity contribution is 9.10. The van der Waals surface area contributed by atoms with Gasteiger partial charge in [0.1, 0.15) is 0 Å². The van der Waals surface area contributed by atoms with Crippen LogP contribution in [0.1, 0.15) is 18.9 Å². The maximum atomic E-state index is 9.79. The molecule has 0 aliphatic carbocycles. The first-order chi connectivity index (χ1) is 7.63. The van der Waals surface area contributed by atoms with Crippen molar-refractivity contribution in [1.82, 2.24) is 5.32 Å². The summed E-state index contributed by atoms with van der Waals surface area (Å²) in [5.41, 5.74) is 0.982. The van der Waals surface area contributed by atoms with Crippen LogP contribution in [0.25, 0.3) is 0 Å². The lowest BCUT2D eigenvalue weighted by Crippen LogP contribution is -2.28. The molecule has 1 atom stereocenters. The molecule has 0 fully saturated rings. The SMILES string of the molecule is CCCNCC(O)Cc1ccc(Br)cc1Cl. The molecule has 1 rings (SSSR count). The number of hydrogen-bond acceptors (Lipinski definition) is 2. The second-order valence-electron chi connectivity index (χ2n) is 3.80. The van der Waals surface area contributed by atoms with E-state index in [-0.39, 0.29) is 6.10 Å². The molecule has 0 radical (unpaired) electrons. The van der Waals surface area contributed by atoms with Crippen LogP contribution in [0.4, 0.5) is 0 Å². The standard InChI is InChI=1S/C12H17BrClNO/c1-2-5-15-8-11(16)6-9-3-4-10(13)7-12(9)14/h3-4,7,11,15-16H,2,5-6,8H2,1H3. The third kappa shape index (κ3) is 4.83. The summed E-state index contributed by atoms with van der Waals surface area (Å²) in [5.74, 6) is 0. The molecule has 1 aromatic rings. The van der Waals surface area contributed by atoms with E-state index in [1.54, 1.807) is 0 Å². The van der Waals surface area contributed by atoms with E-state index in [4.69, 9.17) is 11.6 Å². The lowest BCUT2D eigenvalue weighted by molar-refractivity contribution is 0.172. The number of hydrogen-bond donors (Lipinski definition) is 2. The summed E-state index contributed by atoms with van der Waals surface area (Å²) < 4.78 is 0.958. The maximum absolute atomic E-state index is 9.79. The summed E-state index contributed by atoms with van der Waals surface area (Å²) in [4.78, 5) is 0. The highest BCUT2D eigenvalue weighted by atomic mass is 79.9. The smallest absolute Gasteiger partial charge is 0.0705 e. The van der Waals surface area contributed by atoms with E-state index < -0.39 is 0 Å². The molecule has 2 nitrogen and oxygen atoms in total. The summed E-state index contributed by atoms with van der Waals surface area (Å²) in [7, 11) is 0. The Labute approximate surface area is 110 Å². The zero-order valence-corrected chi connectivity index (χ0v) is 11.7. The number of aliphatic hydroxyl groups is 1. The van der Waals surface area contributed by atoms with Crippen molar-refractivity contribution in [1.29, 1.82) is 0 Å². The van der Waals surface area contributed by atoms with Crippen molar-refractivity contribution in [3.63, 3.8) is 0 Å². The van der Waals surface area contributed by atoms with Crippen LogP contribution >= 0.6 is 27.5 Å². The van der Waals surface area contributed by atoms with Crippen LogP contribution in [0.3, 0.4) is 0 Å². The van der Waals surface area contributed by atoms with Gasteiger partial charge in [-0.15, -0.1) is 0 Å². The molecule has 0 aromatic heterocycles. The molecular weight excluding hydrogens is 289 g/mol. The molecule has 2 N–H and O–H groups in total. The van der Waals surface area contributed by atoms with Crippen LogP contribution in [-0.4, -0.2) is 24.3 Å². The van der Waals surface area contributed by atoms with E-state index >= 15 is 0 Å². The fourth-order valence-electron chi connectivity index (χ4n) is 1.46. The Morgan fingerprint density at radius 1 is 1.50 bits per heavy atom. The minimum absolute atomic E-state index is 0.384. The Balaban J connectivity index is 2.46. The normalized spacial score (nSPS) is 12.8. The van der Waals surface area contributed by atoms with Crippen molar-refractivity contribution < 1.29 is 5.11 Å². The average molecular weight is 307 g/mol. The topological polar surface area (TPSA) is 32.3 Å². The van der Waals surface area contributed by atoms with E-state index in [1.165, 1.54) is 0 Å². The van der Waals surface area contributed by atoms with Crippen LogP contribution in [0, 0.1) is 0 Å². The summed E-state index contributed by atoms with van der Waals surface area (Å²) in [6.07, 6.45) is 1.28. The van der Waals surface area contributed by atoms with Gasteiger partial charge in [0.25, 0.3) is 0 Å².